The van der Waals surface area contributed by atoms with Gasteiger partial charge in [0.2, 0.25) is 0 Å². The highest BCUT2D eigenvalue weighted by Crippen LogP contribution is 2.25. The first-order chi connectivity index (χ1) is 10.7. The molecule has 1 fully saturated rings. The molecule has 2 N–H and O–H groups in total. The summed E-state index contributed by atoms with van der Waals surface area (Å²) in [6.45, 7) is 6.20. The highest BCUT2D eigenvalue weighted by molar-refractivity contribution is 5.40. The average Bonchev–Trinajstić information content (AvgIpc) is 3.05. The van der Waals surface area contributed by atoms with Crippen molar-refractivity contribution < 1.29 is 4.74 Å². The van der Waals surface area contributed by atoms with E-state index in [4.69, 9.17) is 4.74 Å². The molecule has 2 aromatic rings. The highest BCUT2D eigenvalue weighted by atomic mass is 16.5. The van der Waals surface area contributed by atoms with Gasteiger partial charge in [0, 0.05) is 19.5 Å². The summed E-state index contributed by atoms with van der Waals surface area (Å²) in [4.78, 5) is 0. The zero-order valence-corrected chi connectivity index (χ0v) is 13.3. The summed E-state index contributed by atoms with van der Waals surface area (Å²) in [6, 6.07) is 16.8. The fourth-order valence-corrected chi connectivity index (χ4v) is 3.00. The lowest BCUT2D eigenvalue weighted by Gasteiger charge is -2.27. The summed E-state index contributed by atoms with van der Waals surface area (Å²) < 4.78 is 6.44. The lowest BCUT2D eigenvalue weighted by Crippen LogP contribution is -2.47. The molecule has 3 nitrogen and oxygen atoms in total. The number of benzene rings is 2. The highest BCUT2D eigenvalue weighted by Gasteiger charge is 2.27. The lowest BCUT2D eigenvalue weighted by molar-refractivity contribution is 0.150. The van der Waals surface area contributed by atoms with Crippen LogP contribution in [0.2, 0.25) is 0 Å². The van der Waals surface area contributed by atoms with E-state index in [9.17, 15) is 0 Å². The summed E-state index contributed by atoms with van der Waals surface area (Å²) in [5, 5.41) is 7.00. The summed E-state index contributed by atoms with van der Waals surface area (Å²) in [5.74, 6) is 1.01. The molecule has 0 aliphatic carbocycles. The molecule has 22 heavy (non-hydrogen) atoms. The maximum absolute atomic E-state index is 6.44. The first-order valence-corrected chi connectivity index (χ1v) is 7.97. The normalized spacial score (nSPS) is 16.6. The van der Waals surface area contributed by atoms with E-state index >= 15 is 0 Å². The van der Waals surface area contributed by atoms with Crippen molar-refractivity contribution in [3.8, 4) is 5.75 Å². The average molecular weight is 296 g/mol. The minimum atomic E-state index is 0.0738. The molecule has 1 unspecified atom stereocenters. The van der Waals surface area contributed by atoms with E-state index in [0.717, 1.165) is 25.3 Å². The fourth-order valence-electron chi connectivity index (χ4n) is 3.00. The maximum Gasteiger partial charge on any atom is 0.131 e. The van der Waals surface area contributed by atoms with Crippen LogP contribution in [0.1, 0.15) is 16.7 Å². The van der Waals surface area contributed by atoms with Gasteiger partial charge in [-0.15, -0.1) is 0 Å². The molecule has 0 saturated carbocycles. The van der Waals surface area contributed by atoms with Gasteiger partial charge in [0.05, 0.1) is 6.17 Å². The molecule has 1 aliphatic rings. The van der Waals surface area contributed by atoms with Gasteiger partial charge in [-0.3, -0.25) is 10.6 Å². The van der Waals surface area contributed by atoms with Crippen LogP contribution in [0, 0.1) is 13.8 Å². The minimum Gasteiger partial charge on any atom is -0.486 e. The molecule has 1 saturated heterocycles. The molecule has 1 heterocycles. The van der Waals surface area contributed by atoms with Crippen LogP contribution in [-0.4, -0.2) is 25.4 Å². The second-order valence-corrected chi connectivity index (χ2v) is 5.95. The predicted octanol–water partition coefficient (Wildman–Crippen LogP) is 2.81. The molecular formula is C19H24N2O. The Morgan fingerprint density at radius 3 is 2.23 bits per heavy atom. The molecule has 0 bridgehead atoms. The molecular weight excluding hydrogens is 272 g/mol. The predicted molar refractivity (Wildman–Crippen MR) is 90.3 cm³/mol. The number of nitrogens with one attached hydrogen (secondary N) is 2. The smallest absolute Gasteiger partial charge is 0.131 e. The number of para-hydroxylation sites is 1. The van der Waals surface area contributed by atoms with Crippen molar-refractivity contribution >= 4 is 0 Å². The fraction of sp³-hybridized carbons (Fsp3) is 0.368. The van der Waals surface area contributed by atoms with Gasteiger partial charge >= 0.3 is 0 Å². The first-order valence-electron chi connectivity index (χ1n) is 7.97. The second-order valence-electron chi connectivity index (χ2n) is 5.95. The Morgan fingerprint density at radius 2 is 1.59 bits per heavy atom. The topological polar surface area (TPSA) is 33.3 Å². The third kappa shape index (κ3) is 3.49. The van der Waals surface area contributed by atoms with Crippen molar-refractivity contribution in [1.29, 1.82) is 0 Å². The van der Waals surface area contributed by atoms with Crippen LogP contribution >= 0.6 is 0 Å². The number of hydrogen-bond donors (Lipinski definition) is 2. The molecule has 2 aromatic carbocycles. The van der Waals surface area contributed by atoms with Crippen LogP contribution < -0.4 is 15.4 Å². The van der Waals surface area contributed by atoms with E-state index in [1.807, 2.05) is 0 Å². The van der Waals surface area contributed by atoms with E-state index in [1.165, 1.54) is 16.7 Å². The number of rotatable bonds is 5. The van der Waals surface area contributed by atoms with Crippen molar-refractivity contribution in [3.63, 3.8) is 0 Å². The third-order valence-electron chi connectivity index (χ3n) is 4.18. The first kappa shape index (κ1) is 15.1. The van der Waals surface area contributed by atoms with E-state index in [2.05, 4.69) is 73.0 Å². The summed E-state index contributed by atoms with van der Waals surface area (Å²) >= 11 is 0. The molecule has 0 aromatic heterocycles. The van der Waals surface area contributed by atoms with Crippen molar-refractivity contribution in [2.45, 2.75) is 32.5 Å². The molecule has 3 rings (SSSR count). The van der Waals surface area contributed by atoms with Gasteiger partial charge in [0.25, 0.3) is 0 Å². The third-order valence-corrected chi connectivity index (χ3v) is 4.18. The summed E-state index contributed by atoms with van der Waals surface area (Å²) in [7, 11) is 0. The maximum atomic E-state index is 6.44. The van der Waals surface area contributed by atoms with E-state index in [-0.39, 0.29) is 12.3 Å². The second kappa shape index (κ2) is 6.95. The van der Waals surface area contributed by atoms with Gasteiger partial charge in [-0.05, 0) is 30.5 Å². The van der Waals surface area contributed by atoms with Crippen LogP contribution in [0.3, 0.4) is 0 Å². The Labute approximate surface area is 132 Å². The van der Waals surface area contributed by atoms with Crippen molar-refractivity contribution in [3.05, 3.63) is 65.2 Å². The monoisotopic (exact) mass is 296 g/mol. The van der Waals surface area contributed by atoms with E-state index < -0.39 is 0 Å². The van der Waals surface area contributed by atoms with Crippen LogP contribution in [0.4, 0.5) is 0 Å². The number of aryl methyl sites for hydroxylation is 2. The van der Waals surface area contributed by atoms with E-state index in [1.54, 1.807) is 0 Å². The quantitative estimate of drug-likeness (QED) is 0.890. The van der Waals surface area contributed by atoms with Gasteiger partial charge in [0.15, 0.2) is 0 Å². The number of ether oxygens (including phenoxy) is 1. The Bertz CT molecular complexity index is 586. The Balaban J connectivity index is 1.82. The van der Waals surface area contributed by atoms with Gasteiger partial charge in [-0.1, -0.05) is 48.5 Å². The largest absolute Gasteiger partial charge is 0.486 e. The molecule has 1 atom stereocenters. The zero-order valence-electron chi connectivity index (χ0n) is 13.3. The van der Waals surface area contributed by atoms with Crippen molar-refractivity contribution in [2.24, 2.45) is 0 Å². The molecule has 0 amide bonds. The molecule has 0 radical (unpaired) electrons. The SMILES string of the molecule is Cc1cccc(C)c1OC(Cc1ccccc1)C1NCCN1. The molecule has 116 valence electrons. The molecule has 0 spiro atoms. The molecule has 1 aliphatic heterocycles. The van der Waals surface area contributed by atoms with Crippen LogP contribution in [0.15, 0.2) is 48.5 Å². The van der Waals surface area contributed by atoms with Gasteiger partial charge in [-0.25, -0.2) is 0 Å². The Morgan fingerprint density at radius 1 is 0.955 bits per heavy atom. The van der Waals surface area contributed by atoms with Gasteiger partial charge in [0.1, 0.15) is 11.9 Å². The van der Waals surface area contributed by atoms with Crippen LogP contribution in [-0.2, 0) is 6.42 Å². The zero-order chi connectivity index (χ0) is 15.4. The van der Waals surface area contributed by atoms with Crippen molar-refractivity contribution in [1.82, 2.24) is 10.6 Å². The Kier molecular flexibility index (Phi) is 4.76. The van der Waals surface area contributed by atoms with Crippen LogP contribution in [0.25, 0.3) is 0 Å². The summed E-state index contributed by atoms with van der Waals surface area (Å²) in [5.41, 5.74) is 3.68. The minimum absolute atomic E-state index is 0.0738. The summed E-state index contributed by atoms with van der Waals surface area (Å²) in [6.07, 6.45) is 1.16. The number of hydrogen-bond acceptors (Lipinski definition) is 3. The Hall–Kier alpha value is -1.84. The standard InChI is InChI=1S/C19H24N2O/c1-14-7-6-8-15(2)18(14)22-17(19-20-11-12-21-19)13-16-9-4-3-5-10-16/h3-10,17,19-21H,11-13H2,1-2H3. The lowest BCUT2D eigenvalue weighted by atomic mass is 10.1. The van der Waals surface area contributed by atoms with Gasteiger partial charge in [-0.2, -0.15) is 0 Å². The van der Waals surface area contributed by atoms with Crippen LogP contribution in [0.5, 0.6) is 5.75 Å². The van der Waals surface area contributed by atoms with Crippen molar-refractivity contribution in [2.75, 3.05) is 13.1 Å². The van der Waals surface area contributed by atoms with E-state index in [0.29, 0.717) is 0 Å². The van der Waals surface area contributed by atoms with Gasteiger partial charge < -0.3 is 4.74 Å². The molecule has 3 heteroatoms.